The summed E-state index contributed by atoms with van der Waals surface area (Å²) in [5.41, 5.74) is 3.30. The molecule has 0 aliphatic heterocycles. The van der Waals surface area contributed by atoms with Crippen LogP contribution in [0, 0.1) is 0 Å². The number of aromatic nitrogens is 4. The highest BCUT2D eigenvalue weighted by molar-refractivity contribution is 7.21. The van der Waals surface area contributed by atoms with E-state index < -0.39 is 0 Å². The average Bonchev–Trinajstić information content (AvgIpc) is 3.40. The Bertz CT molecular complexity index is 1500. The van der Waals surface area contributed by atoms with Crippen molar-refractivity contribution in [3.63, 3.8) is 0 Å². The van der Waals surface area contributed by atoms with E-state index in [9.17, 15) is 4.79 Å². The van der Waals surface area contributed by atoms with Gasteiger partial charge in [-0.3, -0.25) is 4.79 Å². The molecule has 0 atom stereocenters. The van der Waals surface area contributed by atoms with Crippen molar-refractivity contribution in [3.8, 4) is 27.8 Å². The number of pyridine rings is 1. The SMILES string of the molecule is CCN(CC)CCOc1cc(C(=O)Nc2ccccc2-c2nc3cccnc3s2)nc(-c2ccccc2)n1. The number of para-hydroxylation sites is 1. The number of benzene rings is 2. The Morgan fingerprint density at radius 1 is 0.947 bits per heavy atom. The highest BCUT2D eigenvalue weighted by atomic mass is 32.1. The van der Waals surface area contributed by atoms with Gasteiger partial charge in [0, 0.05) is 29.9 Å². The molecule has 0 bridgehead atoms. The molecule has 0 saturated heterocycles. The zero-order valence-electron chi connectivity index (χ0n) is 21.3. The van der Waals surface area contributed by atoms with Gasteiger partial charge in [-0.15, -0.1) is 0 Å². The van der Waals surface area contributed by atoms with Crippen LogP contribution in [0.5, 0.6) is 5.88 Å². The quantitative estimate of drug-likeness (QED) is 0.247. The molecule has 3 heterocycles. The summed E-state index contributed by atoms with van der Waals surface area (Å²) in [5.74, 6) is 0.438. The van der Waals surface area contributed by atoms with Gasteiger partial charge in [-0.05, 0) is 37.4 Å². The van der Waals surface area contributed by atoms with Crippen LogP contribution in [0.3, 0.4) is 0 Å². The largest absolute Gasteiger partial charge is 0.476 e. The molecule has 2 aromatic carbocycles. The second-order valence-corrected chi connectivity index (χ2v) is 9.48. The summed E-state index contributed by atoms with van der Waals surface area (Å²) >= 11 is 1.48. The molecule has 0 aliphatic carbocycles. The van der Waals surface area contributed by atoms with E-state index in [0.29, 0.717) is 24.0 Å². The van der Waals surface area contributed by atoms with Crippen LogP contribution in [0.4, 0.5) is 5.69 Å². The van der Waals surface area contributed by atoms with E-state index in [1.54, 1.807) is 12.3 Å². The standard InChI is InChI=1S/C29H28N6O2S/c1-3-35(4-2)17-18-37-25-19-24(31-26(34-25)20-11-6-5-7-12-20)27(36)32-22-14-9-8-13-21(22)28-33-23-15-10-16-30-29(23)38-28/h5-16,19H,3-4,17-18H2,1-2H3,(H,32,36). The first-order valence-corrected chi connectivity index (χ1v) is 13.4. The molecule has 0 unspecified atom stereocenters. The van der Waals surface area contributed by atoms with Crippen LogP contribution in [0.15, 0.2) is 79.0 Å². The van der Waals surface area contributed by atoms with Crippen molar-refractivity contribution >= 4 is 33.3 Å². The lowest BCUT2D eigenvalue weighted by Gasteiger charge is -2.18. The number of hydrogen-bond donors (Lipinski definition) is 1. The van der Waals surface area contributed by atoms with Crippen LogP contribution < -0.4 is 10.1 Å². The Labute approximate surface area is 225 Å². The summed E-state index contributed by atoms with van der Waals surface area (Å²) in [7, 11) is 0. The molecule has 9 heteroatoms. The van der Waals surface area contributed by atoms with Gasteiger partial charge in [0.1, 0.15) is 27.7 Å². The number of hydrogen-bond acceptors (Lipinski definition) is 8. The molecule has 3 aromatic heterocycles. The minimum absolute atomic E-state index is 0.220. The molecule has 192 valence electrons. The topological polar surface area (TPSA) is 93.1 Å². The smallest absolute Gasteiger partial charge is 0.274 e. The van der Waals surface area contributed by atoms with Gasteiger partial charge in [0.05, 0.1) is 5.69 Å². The first-order chi connectivity index (χ1) is 18.6. The lowest BCUT2D eigenvalue weighted by molar-refractivity contribution is 0.102. The van der Waals surface area contributed by atoms with Gasteiger partial charge >= 0.3 is 0 Å². The van der Waals surface area contributed by atoms with Crippen molar-refractivity contribution in [3.05, 3.63) is 84.7 Å². The van der Waals surface area contributed by atoms with Gasteiger partial charge in [-0.2, -0.15) is 4.98 Å². The molecular weight excluding hydrogens is 496 g/mol. The van der Waals surface area contributed by atoms with Gasteiger partial charge in [-0.1, -0.05) is 67.6 Å². The van der Waals surface area contributed by atoms with Gasteiger partial charge in [-0.25, -0.2) is 15.0 Å². The fourth-order valence-electron chi connectivity index (χ4n) is 4.00. The minimum Gasteiger partial charge on any atom is -0.476 e. The van der Waals surface area contributed by atoms with Gasteiger partial charge in [0.2, 0.25) is 5.88 Å². The predicted octanol–water partition coefficient (Wildman–Crippen LogP) is 5.79. The number of carbonyl (C=O) groups is 1. The molecule has 38 heavy (non-hydrogen) atoms. The van der Waals surface area contributed by atoms with Crippen molar-refractivity contribution < 1.29 is 9.53 Å². The number of fused-ring (bicyclic) bond motifs is 1. The lowest BCUT2D eigenvalue weighted by atomic mass is 10.1. The number of carbonyl (C=O) groups excluding carboxylic acids is 1. The summed E-state index contributed by atoms with van der Waals surface area (Å²) in [6, 6.07) is 22.5. The molecule has 5 rings (SSSR count). The first-order valence-electron chi connectivity index (χ1n) is 12.6. The summed E-state index contributed by atoms with van der Waals surface area (Å²) in [4.78, 5) is 34.9. The van der Waals surface area contributed by atoms with Crippen molar-refractivity contribution in [2.24, 2.45) is 0 Å². The number of rotatable bonds is 10. The molecular formula is C29H28N6O2S. The third-order valence-corrected chi connectivity index (χ3v) is 7.10. The molecule has 0 saturated carbocycles. The highest BCUT2D eigenvalue weighted by Crippen LogP contribution is 2.34. The Morgan fingerprint density at radius 2 is 1.74 bits per heavy atom. The Kier molecular flexibility index (Phi) is 7.96. The highest BCUT2D eigenvalue weighted by Gasteiger charge is 2.17. The van der Waals surface area contributed by atoms with Crippen LogP contribution in [0.2, 0.25) is 0 Å². The third-order valence-electron chi connectivity index (χ3n) is 6.09. The number of thiazole rings is 1. The molecule has 0 fully saturated rings. The fraction of sp³-hybridized carbons (Fsp3) is 0.207. The van der Waals surface area contributed by atoms with Crippen molar-refractivity contribution in [2.45, 2.75) is 13.8 Å². The maximum absolute atomic E-state index is 13.5. The molecule has 1 amide bonds. The van der Waals surface area contributed by atoms with Gasteiger partial charge in [0.15, 0.2) is 5.82 Å². The Balaban J connectivity index is 1.43. The summed E-state index contributed by atoms with van der Waals surface area (Å²) < 4.78 is 5.98. The van der Waals surface area contributed by atoms with E-state index in [-0.39, 0.29) is 11.6 Å². The molecule has 1 N–H and O–H groups in total. The summed E-state index contributed by atoms with van der Waals surface area (Å²) in [5, 5.41) is 3.80. The van der Waals surface area contributed by atoms with Gasteiger partial charge in [0.25, 0.3) is 5.91 Å². The van der Waals surface area contributed by atoms with Crippen LogP contribution in [-0.4, -0.2) is 57.0 Å². The van der Waals surface area contributed by atoms with E-state index in [4.69, 9.17) is 9.72 Å². The number of ether oxygens (including phenoxy) is 1. The van der Waals surface area contributed by atoms with E-state index in [1.807, 2.05) is 66.7 Å². The second kappa shape index (κ2) is 11.9. The number of anilines is 1. The van der Waals surface area contributed by atoms with E-state index >= 15 is 0 Å². The van der Waals surface area contributed by atoms with Crippen LogP contribution >= 0.6 is 11.3 Å². The van der Waals surface area contributed by atoms with Crippen molar-refractivity contribution in [1.29, 1.82) is 0 Å². The van der Waals surface area contributed by atoms with Crippen LogP contribution in [0.25, 0.3) is 32.3 Å². The number of likely N-dealkylation sites (N-methyl/N-ethyl adjacent to an activating group) is 1. The number of amides is 1. The molecule has 0 aliphatic rings. The normalized spacial score (nSPS) is 11.1. The Morgan fingerprint density at radius 3 is 2.53 bits per heavy atom. The lowest BCUT2D eigenvalue weighted by Crippen LogP contribution is -2.28. The second-order valence-electron chi connectivity index (χ2n) is 8.50. The van der Waals surface area contributed by atoms with E-state index in [2.05, 4.69) is 39.0 Å². The molecule has 0 radical (unpaired) electrons. The number of nitrogens with zero attached hydrogens (tertiary/aromatic N) is 5. The van der Waals surface area contributed by atoms with E-state index in [1.165, 1.54) is 11.3 Å². The maximum Gasteiger partial charge on any atom is 0.274 e. The van der Waals surface area contributed by atoms with Crippen LogP contribution in [0.1, 0.15) is 24.3 Å². The molecule has 8 nitrogen and oxygen atoms in total. The minimum atomic E-state index is -0.357. The number of nitrogens with one attached hydrogen (secondary N) is 1. The van der Waals surface area contributed by atoms with Gasteiger partial charge < -0.3 is 15.0 Å². The zero-order chi connectivity index (χ0) is 26.3. The molecule has 0 spiro atoms. The third kappa shape index (κ3) is 5.85. The summed E-state index contributed by atoms with van der Waals surface area (Å²) in [6.45, 7) is 7.35. The monoisotopic (exact) mass is 524 g/mol. The average molecular weight is 525 g/mol. The van der Waals surface area contributed by atoms with Crippen molar-refractivity contribution in [2.75, 3.05) is 31.6 Å². The van der Waals surface area contributed by atoms with E-state index in [0.717, 1.165) is 46.1 Å². The maximum atomic E-state index is 13.5. The summed E-state index contributed by atoms with van der Waals surface area (Å²) in [6.07, 6.45) is 1.75. The zero-order valence-corrected chi connectivity index (χ0v) is 22.1. The predicted molar refractivity (Wildman–Crippen MR) is 152 cm³/mol. The van der Waals surface area contributed by atoms with Crippen molar-refractivity contribution in [1.82, 2.24) is 24.8 Å². The molecule has 5 aromatic rings. The Hall–Kier alpha value is -4.21. The first kappa shape index (κ1) is 25.4. The fourth-order valence-corrected chi connectivity index (χ4v) is 4.95. The van der Waals surface area contributed by atoms with Crippen LogP contribution in [-0.2, 0) is 0 Å².